The highest BCUT2D eigenvalue weighted by Gasteiger charge is 2.67. The van der Waals surface area contributed by atoms with Gasteiger partial charge in [0, 0.05) is 29.3 Å². The molecule has 13 atom stereocenters. The first-order chi connectivity index (χ1) is 65.0. The number of rotatable bonds is 21. The van der Waals surface area contributed by atoms with Crippen LogP contribution in [0.25, 0.3) is 0 Å². The summed E-state index contributed by atoms with van der Waals surface area (Å²) in [5.74, 6) is 4.42. The molecule has 7 aliphatic heterocycles. The first-order valence-corrected chi connectivity index (χ1v) is 60.3. The number of hydrogen-bond acceptors (Lipinski definition) is 19. The Morgan fingerprint density at radius 1 is 0.436 bits per heavy atom. The molecule has 8 aromatic carbocycles. The number of hydrogen-bond donors (Lipinski definition) is 5. The van der Waals surface area contributed by atoms with Gasteiger partial charge in [0.15, 0.2) is 81.9 Å². The van der Waals surface area contributed by atoms with E-state index in [1.807, 2.05) is 300 Å². The van der Waals surface area contributed by atoms with Gasteiger partial charge >= 0.3 is 5.97 Å². The predicted molar refractivity (Wildman–Crippen MR) is 575 cm³/mol. The van der Waals surface area contributed by atoms with Gasteiger partial charge in [-0.3, -0.25) is 62.1 Å². The number of nitrogens with one attached hydrogen (secondary N) is 3. The number of carbonyl (C=O) groups excluding carboxylic acids is 8. The molecule has 0 radical (unpaired) electrons. The molecule has 7 fully saturated rings. The number of benzene rings is 8. The number of nitrogens with zero attached hydrogens (tertiary/aromatic N) is 6. The van der Waals surface area contributed by atoms with Gasteiger partial charge in [0.25, 0.3) is 5.91 Å². The molecule has 7 saturated heterocycles. The second kappa shape index (κ2) is 52.1. The van der Waals surface area contributed by atoms with Crippen LogP contribution in [0.2, 0.25) is 72.5 Å². The molecule has 26 nitrogen and oxygen atoms in total. The molecule has 7 aliphatic rings. The Bertz CT molecular complexity index is 5240. The molecule has 140 heavy (non-hydrogen) atoms. The minimum absolute atomic E-state index is 0. The summed E-state index contributed by atoms with van der Waals surface area (Å²) in [6, 6.07) is 76.3. The van der Waals surface area contributed by atoms with E-state index < -0.39 is 75.6 Å². The van der Waals surface area contributed by atoms with Gasteiger partial charge in [-0.05, 0) is 151 Å². The Balaban J connectivity index is 0.000000566. The maximum Gasteiger partial charge on any atom is 0.304 e. The average Bonchev–Trinajstić information content (AvgIpc) is 0.528. The first kappa shape index (κ1) is 119. The summed E-state index contributed by atoms with van der Waals surface area (Å²) < 4.78 is 63.8. The Kier molecular flexibility index (Phi) is 44.5. The van der Waals surface area contributed by atoms with Gasteiger partial charge < -0.3 is 78.2 Å². The van der Waals surface area contributed by atoms with E-state index in [4.69, 9.17) is 50.4 Å². The lowest BCUT2D eigenvalue weighted by Crippen LogP contribution is -2.81. The molecule has 0 spiro atoms. The number of alkyl halides is 2. The molecular formula is C106H156F3IN10O16Si4. The van der Waals surface area contributed by atoms with E-state index in [-0.39, 0.29) is 129 Å². The second-order valence-corrected chi connectivity index (χ2v) is 61.4. The molecule has 6 N–H and O–H groups in total. The predicted octanol–water partition coefficient (Wildman–Crippen LogP) is 20.7. The lowest BCUT2D eigenvalue weighted by Gasteiger charge is -2.60. The lowest BCUT2D eigenvalue weighted by molar-refractivity contribution is -0.167. The van der Waals surface area contributed by atoms with E-state index in [0.29, 0.717) is 0 Å². The van der Waals surface area contributed by atoms with Gasteiger partial charge in [-0.25, -0.2) is 0 Å². The molecule has 0 aromatic heterocycles. The zero-order valence-electron chi connectivity index (χ0n) is 87.8. The standard InChI is InChI=1S/C23H30N2O2Si.C22H28N2O2Si.C16H25NO2Si.C15H24N2O2Si.C11H13NO2.C10H11NO2.C6H9NO3.CH3F.CH3I.CH4O.2FH.2H2/c1-22(2,3)28(5,6)25-20(26)23(4,24-17-18-13-9-7-10-14-18)21(25)27-19-15-11-8-12-16-19;1-22(2,3)27(4,5)24-20(25)19(23-16-17-12-8-6-9-13-17)21(24)26-18-14-10-7-11-15-18;1-12-14(18)17(20(5,6)16(2,3)4)15(12)19-13-10-8-7-9-11-13;1-15(2,3)20(4,5)17-13(18)12(16)14(17)19-11-9-7-6-8-10-11;1-11(2)9(13)12-10(11)14-8-6-4-3-5-7-8;1-7-9(12)11-10(7)13-8-5-3-2-4-6-8;1-3-5(9)7-6(3)10-4(2)8;3*1-2;;;;/h7-17,21H,1-6H3;6-16,19,21H,1-5H3;7-12,15H,1-6H3;6-10,12,14H,16H2,1-5H3;3-7,10H,1-2H3,(H,12,13);2-7,10H,1H3,(H,11,12);3,6H,1-2H3,(H,7,9);2*1H3;2H,1H3;4*1H/t21-,23+;19-,21+;12-,15+;12-,14+;10-;7-,10+;3-,6+;;;;;;;/m0111011......./s1/i;;;;;;;1D;;;;;2*1+2. The molecular weight excluding hydrogens is 1970 g/mol. The maximum absolute atomic E-state index is 13.4. The highest BCUT2D eigenvalue weighted by atomic mass is 127. The molecule has 7 heterocycles. The summed E-state index contributed by atoms with van der Waals surface area (Å²) >= 11 is 2.15. The normalized spacial score (nSPS) is 22.5. The fraction of sp³-hybridized carbons (Fsp3) is 0.453. The van der Waals surface area contributed by atoms with Crippen LogP contribution >= 0.6 is 22.6 Å². The second-order valence-electron chi connectivity index (χ2n) is 41.0. The van der Waals surface area contributed by atoms with E-state index in [1.165, 1.54) is 6.92 Å². The van der Waals surface area contributed by atoms with Crippen molar-refractivity contribution in [3.05, 3.63) is 254 Å². The molecule has 0 bridgehead atoms. The Hall–Kier alpha value is -11.0. The molecule has 0 unspecified atom stereocenters. The quantitative estimate of drug-likeness (QED) is 0.0111. The van der Waals surface area contributed by atoms with Crippen LogP contribution < -0.4 is 50.1 Å². The molecule has 34 heteroatoms. The van der Waals surface area contributed by atoms with Gasteiger partial charge in [0.2, 0.25) is 41.7 Å². The van der Waals surface area contributed by atoms with Crippen molar-refractivity contribution >= 4 is 115 Å². The van der Waals surface area contributed by atoms with Crippen molar-refractivity contribution in [1.82, 2.24) is 34.2 Å². The van der Waals surface area contributed by atoms with Crippen molar-refractivity contribution in [3.8, 4) is 34.5 Å². The average molecular weight is 2130 g/mol. The van der Waals surface area contributed by atoms with Crippen molar-refractivity contribution in [1.29, 1.82) is 0 Å². The number of nitrogens with two attached hydrogens (primary N) is 1. The number of aliphatic imine (C=N–C) groups is 2. The molecule has 15 rings (SSSR count). The summed E-state index contributed by atoms with van der Waals surface area (Å²) in [7, 11) is -8.03. The van der Waals surface area contributed by atoms with Crippen LogP contribution in [0.3, 0.4) is 0 Å². The maximum atomic E-state index is 13.4. The van der Waals surface area contributed by atoms with Crippen LogP contribution in [0.5, 0.6) is 34.5 Å². The number of halogens is 4. The van der Waals surface area contributed by atoms with Gasteiger partial charge in [0.05, 0.1) is 31.7 Å². The third kappa shape index (κ3) is 29.8. The minimum Gasteiger partial charge on any atom is -0.470 e. The van der Waals surface area contributed by atoms with Crippen LogP contribution in [0.4, 0.5) is 13.8 Å². The number of carbonyl (C=O) groups is 8. The molecule has 770 valence electrons. The van der Waals surface area contributed by atoms with E-state index >= 15 is 0 Å². The Labute approximate surface area is 850 Å². The SMILES string of the molecule is CC(=O)O[C@@H]1NC(=O)[C@H]1C.CC(C)(C)[Si](C)(C)N1C(=O)[C@@H](N)[C@@H]1Oc1ccccc1.CC(C)(C)[Si](C)(C)N1C(=O)[C@@H](N=Cc2ccccc2)[C@@H]1Oc1ccccc1.CC(C)(C)[Si](C)(C)N1C(=O)[C@@](C)(N=Cc2ccccc2)[C@@H]1Oc1ccccc1.CC1(C)C(=O)N[C@H]1Oc1ccccc1.CI.CO.C[C@@H]1C(=O)N([Si](C)(C)C(C)(C)C)[C@H]1Oc1ccccc1.C[C@@H]1C(=O)N[C@H]1Oc1ccccc1.F.F.[2H]CF.[3HH].[3HH]. The van der Waals surface area contributed by atoms with Crippen molar-refractivity contribution in [2.75, 3.05) is 19.2 Å². The number of aliphatic hydroxyl groups is 1. The van der Waals surface area contributed by atoms with Crippen molar-refractivity contribution in [3.63, 3.8) is 0 Å². The molecule has 7 amide bonds. The highest BCUT2D eigenvalue weighted by molar-refractivity contribution is 14.1. The molecule has 0 saturated carbocycles. The third-order valence-electron chi connectivity index (χ3n) is 27.1. The van der Waals surface area contributed by atoms with Crippen LogP contribution in [-0.4, -0.2) is 196 Å². The molecule has 8 aromatic rings. The summed E-state index contributed by atoms with van der Waals surface area (Å²) in [6.45, 7) is 56.7. The first-order valence-electron chi connectivity index (χ1n) is 47.1. The van der Waals surface area contributed by atoms with E-state index in [0.717, 1.165) is 52.7 Å². The van der Waals surface area contributed by atoms with Crippen molar-refractivity contribution in [2.45, 2.75) is 265 Å². The fourth-order valence-electron chi connectivity index (χ4n) is 14.1. The molecule has 0 aliphatic carbocycles. The van der Waals surface area contributed by atoms with Crippen molar-refractivity contribution < 1.29 is 94.6 Å². The van der Waals surface area contributed by atoms with Gasteiger partial charge in [-0.2, -0.15) is 0 Å². The monoisotopic (exact) mass is 2130 g/mol. The van der Waals surface area contributed by atoms with Gasteiger partial charge in [-0.15, -0.1) is 0 Å². The van der Waals surface area contributed by atoms with Crippen molar-refractivity contribution in [2.24, 2.45) is 38.9 Å². The van der Waals surface area contributed by atoms with Gasteiger partial charge in [-0.1, -0.05) is 328 Å². The van der Waals surface area contributed by atoms with E-state index in [1.54, 1.807) is 19.4 Å². The largest absolute Gasteiger partial charge is 0.470 e. The number of amides is 7. The zero-order chi connectivity index (χ0) is 104. The zero-order valence-corrected chi connectivity index (χ0v) is 92.9. The summed E-state index contributed by atoms with van der Waals surface area (Å²) in [5, 5.41) is 15.1. The number of para-hydroxylation sites is 6. The van der Waals surface area contributed by atoms with Crippen LogP contribution in [0.15, 0.2) is 253 Å². The topological polar surface area (TPSA) is 321 Å². The van der Waals surface area contributed by atoms with Crippen LogP contribution in [-0.2, 0) is 43.1 Å². The lowest BCUT2D eigenvalue weighted by atomic mass is 9.83. The van der Waals surface area contributed by atoms with E-state index in [2.05, 4.69) is 179 Å². The number of aliphatic hydroxyl groups excluding tert-OH is 1. The number of esters is 1. The highest BCUT2D eigenvalue weighted by Crippen LogP contribution is 2.50. The summed E-state index contributed by atoms with van der Waals surface area (Å²) in [5.41, 5.74) is 6.55. The number of β-lactam (4-membered cyclic amide) rings is 7. The summed E-state index contributed by atoms with van der Waals surface area (Å²) in [4.78, 5) is 105. The fourth-order valence-corrected chi connectivity index (χ4v) is 23.3. The van der Waals surface area contributed by atoms with Crippen LogP contribution in [0.1, 0.15) is 147 Å². The van der Waals surface area contributed by atoms with Crippen LogP contribution in [0, 0.1) is 23.2 Å². The van der Waals surface area contributed by atoms with E-state index in [9.17, 15) is 42.7 Å². The third-order valence-corrected chi connectivity index (χ3v) is 48.4. The smallest absolute Gasteiger partial charge is 0.304 e. The minimum atomic E-state index is -2.11. The Morgan fingerprint density at radius 2 is 0.729 bits per heavy atom. The summed E-state index contributed by atoms with van der Waals surface area (Å²) in [6.07, 6.45) is 1.55. The van der Waals surface area contributed by atoms with Gasteiger partial charge in [0.1, 0.15) is 40.5 Å². The Morgan fingerprint density at radius 3 is 1.06 bits per heavy atom. The number of ether oxygens (including phenoxy) is 7.